The molecule has 0 radical (unpaired) electrons. The van der Waals surface area contributed by atoms with Gasteiger partial charge in [-0.25, -0.2) is 19.3 Å². The number of aliphatic hydroxyl groups excluding tert-OH is 2. The van der Waals surface area contributed by atoms with Gasteiger partial charge in [-0.3, -0.25) is 28.1 Å². The van der Waals surface area contributed by atoms with Crippen molar-refractivity contribution in [2.75, 3.05) is 37.8 Å². The lowest BCUT2D eigenvalue weighted by Gasteiger charge is -2.36. The molecule has 2 aromatic rings. The van der Waals surface area contributed by atoms with Gasteiger partial charge in [-0.15, -0.1) is 0 Å². The molecule has 7 atom stereocenters. The van der Waals surface area contributed by atoms with Crippen molar-refractivity contribution in [3.8, 4) is 0 Å². The van der Waals surface area contributed by atoms with Gasteiger partial charge >= 0.3 is 0 Å². The number of imidazole rings is 1. The SMILES string of the molecule is CCCCCCCC/C=C\CCCCCCCCCCCCCC(=O)SCCNC(=O)CCNC(=O)[C@H](O)C(C)(C)COP(=O)([O-])OP(=O)([O-])OC[C@H]1O[C@@H](n2cnc3c(N)ncnc32)[C@H](O)[C@@H]1OP(=O)([O-])[O-]. The van der Waals surface area contributed by atoms with E-state index in [1.165, 1.54) is 117 Å². The summed E-state index contributed by atoms with van der Waals surface area (Å²) in [6.45, 7) is 2.43. The van der Waals surface area contributed by atoms with Gasteiger partial charge in [-0.1, -0.05) is 135 Å². The van der Waals surface area contributed by atoms with Crippen LogP contribution in [0.1, 0.15) is 162 Å². The Kier molecular flexibility index (Phi) is 29.6. The molecule has 73 heavy (non-hydrogen) atoms. The van der Waals surface area contributed by atoms with Gasteiger partial charge in [0.25, 0.3) is 15.6 Å². The fourth-order valence-corrected chi connectivity index (χ4v) is 11.2. The van der Waals surface area contributed by atoms with Gasteiger partial charge < -0.3 is 69.0 Å². The highest BCUT2D eigenvalue weighted by Gasteiger charge is 2.47. The van der Waals surface area contributed by atoms with E-state index in [9.17, 15) is 57.9 Å². The monoisotopic (exact) mass is 1110 g/mol. The van der Waals surface area contributed by atoms with E-state index in [0.29, 0.717) is 12.2 Å². The number of hydrogen-bond acceptors (Lipinski definition) is 22. The number of fused-ring (bicyclic) bond motifs is 1. The number of amides is 2. The second-order valence-corrected chi connectivity index (χ2v) is 23.9. The van der Waals surface area contributed by atoms with E-state index in [0.717, 1.165) is 48.2 Å². The molecule has 1 aliphatic rings. The number of rotatable bonds is 40. The van der Waals surface area contributed by atoms with Crippen LogP contribution < -0.4 is 35.9 Å². The number of phosphoric acid groups is 3. The Morgan fingerprint density at radius 2 is 1.41 bits per heavy atom. The van der Waals surface area contributed by atoms with Gasteiger partial charge in [-0.2, -0.15) is 0 Å². The number of nitrogens with zero attached hydrogens (tertiary/aromatic N) is 4. The number of anilines is 1. The van der Waals surface area contributed by atoms with E-state index in [1.807, 2.05) is 0 Å². The molecule has 0 spiro atoms. The van der Waals surface area contributed by atoms with Crippen LogP contribution in [0.2, 0.25) is 0 Å². The van der Waals surface area contributed by atoms with Gasteiger partial charge in [0.2, 0.25) is 11.8 Å². The largest absolute Gasteiger partial charge is 0.790 e. The van der Waals surface area contributed by atoms with Gasteiger partial charge in [-0.05, 0) is 32.1 Å². The highest BCUT2D eigenvalue weighted by Crippen LogP contribution is 2.56. The summed E-state index contributed by atoms with van der Waals surface area (Å²) in [6.07, 6.45) is 21.2. The van der Waals surface area contributed by atoms with Crippen LogP contribution in [0.25, 0.3) is 11.2 Å². The van der Waals surface area contributed by atoms with Crippen molar-refractivity contribution in [1.82, 2.24) is 30.2 Å². The molecular formula is C45H76N7O17P3S-4. The third-order valence-corrected chi connectivity index (χ3v) is 15.8. The van der Waals surface area contributed by atoms with Crippen LogP contribution in [0.5, 0.6) is 0 Å². The quantitative estimate of drug-likeness (QED) is 0.0348. The number of phosphoric ester groups is 3. The van der Waals surface area contributed by atoms with Crippen LogP contribution in [0, 0.1) is 5.41 Å². The van der Waals surface area contributed by atoms with Gasteiger partial charge in [0, 0.05) is 37.1 Å². The molecule has 24 nitrogen and oxygen atoms in total. The summed E-state index contributed by atoms with van der Waals surface area (Å²) in [7, 11) is -17.6. The number of nitrogen functional groups attached to an aromatic ring is 1. The zero-order valence-electron chi connectivity index (χ0n) is 42.2. The summed E-state index contributed by atoms with van der Waals surface area (Å²) in [4.78, 5) is 97.1. The van der Waals surface area contributed by atoms with Crippen molar-refractivity contribution in [2.24, 2.45) is 5.41 Å². The van der Waals surface area contributed by atoms with E-state index >= 15 is 0 Å². The summed E-state index contributed by atoms with van der Waals surface area (Å²) < 4.78 is 60.9. The van der Waals surface area contributed by atoms with Crippen LogP contribution in [0.3, 0.4) is 0 Å². The zero-order chi connectivity index (χ0) is 53.9. The molecule has 28 heteroatoms. The average molecular weight is 1110 g/mol. The number of ether oxygens (including phenoxy) is 1. The molecule has 2 unspecified atom stereocenters. The van der Waals surface area contributed by atoms with Crippen molar-refractivity contribution < 1.29 is 80.5 Å². The third kappa shape index (κ3) is 25.8. The molecule has 0 saturated carbocycles. The Hall–Kier alpha value is -2.70. The maximum absolute atomic E-state index is 12.7. The van der Waals surface area contributed by atoms with Crippen molar-refractivity contribution in [2.45, 2.75) is 186 Å². The van der Waals surface area contributed by atoms with E-state index in [2.05, 4.69) is 62.5 Å². The highest BCUT2D eigenvalue weighted by atomic mass is 32.2. The lowest BCUT2D eigenvalue weighted by molar-refractivity contribution is -0.347. The Morgan fingerprint density at radius 1 is 0.836 bits per heavy atom. The number of allylic oxidation sites excluding steroid dienone is 2. The summed E-state index contributed by atoms with van der Waals surface area (Å²) in [5.74, 6) is -1.13. The molecule has 0 bridgehead atoms. The standard InChI is InChI=1S/C45H80N7O17P3S/c1-4-5-6-7-8-9-10-11-12-13-14-15-16-17-18-19-20-21-22-23-24-25-36(54)73-29-28-47-35(53)26-27-48-43(57)40(56)45(2,3)31-66-72(63,64)69-71(61,62)65-30-34-39(68-70(58,59)60)38(55)44(67-34)52-33-51-37-41(46)49-32-50-42(37)52/h11-12,32-34,38-40,44,55-56H,4-10,13-31H2,1-3H3,(H,47,53)(H,48,57)(H,61,62)(H,63,64)(H2,46,49,50)(H2,58,59,60)/p-4/b12-11-/t34-,38-,39-,40+,44-/m1/s1. The Bertz CT molecular complexity index is 2150. The first-order valence-corrected chi connectivity index (χ1v) is 30.5. The lowest BCUT2D eigenvalue weighted by Crippen LogP contribution is -2.46. The molecular weight excluding hydrogens is 1040 g/mol. The van der Waals surface area contributed by atoms with Crippen LogP contribution in [-0.4, -0.2) is 103 Å². The van der Waals surface area contributed by atoms with Crippen LogP contribution in [0.4, 0.5) is 5.82 Å². The minimum absolute atomic E-state index is 0.0180. The molecule has 2 aromatic heterocycles. The van der Waals surface area contributed by atoms with Crippen molar-refractivity contribution in [3.63, 3.8) is 0 Å². The highest BCUT2D eigenvalue weighted by molar-refractivity contribution is 8.13. The molecule has 1 fully saturated rings. The van der Waals surface area contributed by atoms with E-state index in [1.54, 1.807) is 0 Å². The number of aromatic nitrogens is 4. The van der Waals surface area contributed by atoms with Crippen LogP contribution in [-0.2, 0) is 50.7 Å². The summed E-state index contributed by atoms with van der Waals surface area (Å²) in [5, 5.41) is 26.5. The van der Waals surface area contributed by atoms with E-state index in [-0.39, 0.29) is 41.6 Å². The third-order valence-electron chi connectivity index (χ3n) is 11.9. The second-order valence-electron chi connectivity index (χ2n) is 18.7. The lowest BCUT2D eigenvalue weighted by atomic mass is 9.87. The number of thioether (sulfide) groups is 1. The second kappa shape index (κ2) is 33.5. The summed E-state index contributed by atoms with van der Waals surface area (Å²) >= 11 is 1.15. The maximum Gasteiger partial charge on any atom is 0.274 e. The van der Waals surface area contributed by atoms with Crippen molar-refractivity contribution in [1.29, 1.82) is 0 Å². The predicted octanol–water partition coefficient (Wildman–Crippen LogP) is 4.51. The molecule has 0 aromatic carbocycles. The summed E-state index contributed by atoms with van der Waals surface area (Å²) in [5.41, 5.74) is 4.10. The predicted molar refractivity (Wildman–Crippen MR) is 265 cm³/mol. The Morgan fingerprint density at radius 3 is 2.01 bits per heavy atom. The van der Waals surface area contributed by atoms with Gasteiger partial charge in [0.05, 0.1) is 27.4 Å². The zero-order valence-corrected chi connectivity index (χ0v) is 45.7. The number of nitrogens with one attached hydrogen (secondary N) is 2. The van der Waals surface area contributed by atoms with Crippen molar-refractivity contribution in [3.05, 3.63) is 24.8 Å². The first-order valence-electron chi connectivity index (χ1n) is 25.2. The first-order chi connectivity index (χ1) is 34.6. The summed E-state index contributed by atoms with van der Waals surface area (Å²) in [6, 6.07) is 0. The number of carbonyl (C=O) groups is 3. The van der Waals surface area contributed by atoms with Crippen molar-refractivity contribution >= 4 is 69.1 Å². The van der Waals surface area contributed by atoms with E-state index in [4.69, 9.17) is 10.5 Å². The molecule has 0 aliphatic carbocycles. The molecule has 2 amide bonds. The Balaban J connectivity index is 1.23. The smallest absolute Gasteiger partial charge is 0.274 e. The molecule has 418 valence electrons. The topological polar surface area (TPSA) is 375 Å². The number of unbranched alkanes of at least 4 members (excludes halogenated alkanes) is 17. The molecule has 1 aliphatic heterocycles. The Labute approximate surface area is 432 Å². The minimum Gasteiger partial charge on any atom is -0.790 e. The fourth-order valence-electron chi connectivity index (χ4n) is 7.75. The number of hydrogen-bond donors (Lipinski definition) is 5. The fraction of sp³-hybridized carbons (Fsp3) is 0.778. The number of carbonyl (C=O) groups excluding carboxylic acids is 3. The maximum atomic E-state index is 12.7. The molecule has 3 rings (SSSR count). The first kappa shape index (κ1) is 64.6. The van der Waals surface area contributed by atoms with E-state index < -0.39 is 84.6 Å². The number of aliphatic hydroxyl groups is 2. The van der Waals surface area contributed by atoms with Gasteiger partial charge in [0.15, 0.2) is 22.8 Å². The average Bonchev–Trinajstić information content (AvgIpc) is 3.88. The molecule has 6 N–H and O–H groups in total. The number of nitrogens with two attached hydrogens (primary N) is 1. The van der Waals surface area contributed by atoms with Gasteiger partial charge in [0.1, 0.15) is 36.3 Å². The normalized spacial score (nSPS) is 19.5. The van der Waals surface area contributed by atoms with Crippen LogP contribution >= 0.6 is 35.2 Å². The minimum atomic E-state index is -5.92. The molecule has 1 saturated heterocycles. The van der Waals surface area contributed by atoms with Crippen LogP contribution in [0.15, 0.2) is 24.8 Å². The molecule has 3 heterocycles.